The maximum Gasteiger partial charge on any atom is 0.311 e. The Morgan fingerprint density at radius 1 is 1.19 bits per heavy atom. The molecule has 0 N–H and O–H groups in total. The molecule has 2 rings (SSSR count). The van der Waals surface area contributed by atoms with E-state index in [9.17, 15) is 14.4 Å². The van der Waals surface area contributed by atoms with Gasteiger partial charge in [-0.05, 0) is 51.9 Å². The average Bonchev–Trinajstić information content (AvgIpc) is 2.61. The molecule has 0 heterocycles. The highest BCUT2D eigenvalue weighted by molar-refractivity contribution is 5.77. The number of fused-ring (bicyclic) bond motifs is 1. The van der Waals surface area contributed by atoms with Crippen LogP contribution in [0.25, 0.3) is 0 Å². The third kappa shape index (κ3) is 4.18. The van der Waals surface area contributed by atoms with Crippen molar-refractivity contribution in [1.82, 2.24) is 0 Å². The van der Waals surface area contributed by atoms with Gasteiger partial charge in [0.2, 0.25) is 0 Å². The zero-order valence-corrected chi connectivity index (χ0v) is 16.6. The fraction of sp³-hybridized carbons (Fsp3) is 0.762. The summed E-state index contributed by atoms with van der Waals surface area (Å²) in [5, 5.41) is 0. The second kappa shape index (κ2) is 8.36. The van der Waals surface area contributed by atoms with Crippen molar-refractivity contribution in [2.45, 2.75) is 60.0 Å². The smallest absolute Gasteiger partial charge is 0.311 e. The normalized spacial score (nSPS) is 33.9. The van der Waals surface area contributed by atoms with E-state index < -0.39 is 11.5 Å². The first kappa shape index (κ1) is 20.7. The average molecular weight is 364 g/mol. The quantitative estimate of drug-likeness (QED) is 0.409. The fourth-order valence-corrected chi connectivity index (χ4v) is 4.12. The highest BCUT2D eigenvalue weighted by Gasteiger charge is 2.49. The van der Waals surface area contributed by atoms with Crippen molar-refractivity contribution in [3.63, 3.8) is 0 Å². The largest absolute Gasteiger partial charge is 0.466 e. The van der Waals surface area contributed by atoms with E-state index in [-0.39, 0.29) is 41.5 Å². The predicted octanol–water partition coefficient (Wildman–Crippen LogP) is 3.56. The molecule has 2 aliphatic rings. The summed E-state index contributed by atoms with van der Waals surface area (Å²) in [4.78, 5) is 36.8. The van der Waals surface area contributed by atoms with Crippen LogP contribution in [-0.2, 0) is 23.9 Å². The molecule has 6 atom stereocenters. The van der Waals surface area contributed by atoms with Crippen LogP contribution < -0.4 is 0 Å². The molecule has 0 aromatic heterocycles. The monoisotopic (exact) mass is 364 g/mol. The summed E-state index contributed by atoms with van der Waals surface area (Å²) in [6.45, 7) is 9.79. The molecule has 5 heteroatoms. The van der Waals surface area contributed by atoms with Gasteiger partial charge in [0.05, 0.1) is 17.9 Å². The van der Waals surface area contributed by atoms with Crippen LogP contribution in [-0.4, -0.2) is 30.9 Å². The maximum atomic E-state index is 12.7. The maximum absolute atomic E-state index is 12.7. The molecular weight excluding hydrogens is 332 g/mol. The van der Waals surface area contributed by atoms with Crippen LogP contribution in [0.1, 0.15) is 53.9 Å². The van der Waals surface area contributed by atoms with Crippen LogP contribution in [0.5, 0.6) is 0 Å². The lowest BCUT2D eigenvalue weighted by molar-refractivity contribution is -0.176. The number of esters is 2. The molecule has 0 aromatic carbocycles. The fourth-order valence-electron chi connectivity index (χ4n) is 4.12. The Bertz CT molecular complexity index is 565. The molecular formula is C21H32O5. The number of hydrogen-bond donors (Lipinski definition) is 0. The molecule has 5 nitrogen and oxygen atoms in total. The summed E-state index contributed by atoms with van der Waals surface area (Å²) in [7, 11) is 0. The highest BCUT2D eigenvalue weighted by atomic mass is 16.5. The van der Waals surface area contributed by atoms with E-state index in [0.29, 0.717) is 25.9 Å². The van der Waals surface area contributed by atoms with Crippen molar-refractivity contribution in [3.05, 3.63) is 12.2 Å². The first-order valence-corrected chi connectivity index (χ1v) is 9.76. The third-order valence-corrected chi connectivity index (χ3v) is 6.12. The molecule has 1 saturated carbocycles. The van der Waals surface area contributed by atoms with Gasteiger partial charge < -0.3 is 14.3 Å². The Kier molecular flexibility index (Phi) is 6.64. The van der Waals surface area contributed by atoms with E-state index in [4.69, 9.17) is 9.47 Å². The van der Waals surface area contributed by atoms with Crippen molar-refractivity contribution < 1.29 is 23.9 Å². The van der Waals surface area contributed by atoms with E-state index in [0.717, 1.165) is 6.29 Å². The first-order valence-electron chi connectivity index (χ1n) is 9.76. The summed E-state index contributed by atoms with van der Waals surface area (Å²) >= 11 is 0. The number of hydrogen-bond acceptors (Lipinski definition) is 5. The van der Waals surface area contributed by atoms with Crippen LogP contribution in [0.4, 0.5) is 0 Å². The number of ether oxygens (including phenoxy) is 2. The topological polar surface area (TPSA) is 69.7 Å². The number of aldehydes is 1. The van der Waals surface area contributed by atoms with Gasteiger partial charge in [-0.25, -0.2) is 0 Å². The summed E-state index contributed by atoms with van der Waals surface area (Å²) in [6, 6.07) is 0. The Morgan fingerprint density at radius 3 is 2.46 bits per heavy atom. The van der Waals surface area contributed by atoms with Gasteiger partial charge in [-0.15, -0.1) is 0 Å². The molecule has 1 fully saturated rings. The van der Waals surface area contributed by atoms with Gasteiger partial charge in [0.25, 0.3) is 0 Å². The van der Waals surface area contributed by atoms with Gasteiger partial charge in [-0.2, -0.15) is 0 Å². The van der Waals surface area contributed by atoms with Crippen molar-refractivity contribution in [2.75, 3.05) is 6.61 Å². The Hall–Kier alpha value is -1.65. The Balaban J connectivity index is 2.33. The van der Waals surface area contributed by atoms with Crippen LogP contribution >= 0.6 is 0 Å². The lowest BCUT2D eigenvalue weighted by Gasteiger charge is -2.46. The number of allylic oxidation sites excluding steroid dienone is 2. The SMILES string of the molecule is CCOC(=O)[C@@H]1[C@H]2[C@@H](OC(=O)C(C)(C)CC)C[C@@H](C=O)C[C@@H]2C=C[C@@H]1C. The molecule has 0 saturated heterocycles. The molecule has 0 radical (unpaired) electrons. The molecule has 146 valence electrons. The summed E-state index contributed by atoms with van der Waals surface area (Å²) in [6.07, 6.45) is 6.47. The molecule has 2 aliphatic carbocycles. The van der Waals surface area contributed by atoms with Crippen LogP contribution in [0.15, 0.2) is 12.2 Å². The third-order valence-electron chi connectivity index (χ3n) is 6.12. The zero-order chi connectivity index (χ0) is 19.5. The summed E-state index contributed by atoms with van der Waals surface area (Å²) in [5.74, 6) is -1.07. The molecule has 0 amide bonds. The van der Waals surface area contributed by atoms with Crippen LogP contribution in [0, 0.1) is 35.0 Å². The Morgan fingerprint density at radius 2 is 1.88 bits per heavy atom. The van der Waals surface area contributed by atoms with E-state index in [1.807, 2.05) is 33.8 Å². The lowest BCUT2D eigenvalue weighted by atomic mass is 9.61. The van der Waals surface area contributed by atoms with Gasteiger partial charge in [0, 0.05) is 11.8 Å². The zero-order valence-electron chi connectivity index (χ0n) is 16.6. The predicted molar refractivity (Wildman–Crippen MR) is 98.1 cm³/mol. The van der Waals surface area contributed by atoms with Gasteiger partial charge in [-0.1, -0.05) is 26.0 Å². The summed E-state index contributed by atoms with van der Waals surface area (Å²) < 4.78 is 11.2. The lowest BCUT2D eigenvalue weighted by Crippen LogP contribution is -2.49. The minimum Gasteiger partial charge on any atom is -0.466 e. The number of carbonyl (C=O) groups is 3. The minimum atomic E-state index is -0.584. The standard InChI is InChI=1S/C21H32O5/c1-6-21(4,5)20(24)26-16-11-14(12-22)10-15-9-8-13(3)17(18(15)16)19(23)25-7-2/h8-9,12-18H,6-7,10-11H2,1-5H3/t13-,14-,15-,16-,17-,18+/m0/s1. The van der Waals surface area contributed by atoms with Crippen molar-refractivity contribution in [3.8, 4) is 0 Å². The van der Waals surface area contributed by atoms with Gasteiger partial charge >= 0.3 is 11.9 Å². The molecule has 0 spiro atoms. The van der Waals surface area contributed by atoms with E-state index in [1.54, 1.807) is 6.92 Å². The van der Waals surface area contributed by atoms with Gasteiger partial charge in [0.1, 0.15) is 12.4 Å². The molecule has 0 unspecified atom stereocenters. The van der Waals surface area contributed by atoms with Crippen LogP contribution in [0.2, 0.25) is 0 Å². The number of carbonyl (C=O) groups excluding carboxylic acids is 3. The van der Waals surface area contributed by atoms with Crippen LogP contribution in [0.3, 0.4) is 0 Å². The summed E-state index contributed by atoms with van der Waals surface area (Å²) in [5.41, 5.74) is -0.584. The molecule has 0 aromatic rings. The van der Waals surface area contributed by atoms with Crippen molar-refractivity contribution in [1.29, 1.82) is 0 Å². The molecule has 26 heavy (non-hydrogen) atoms. The van der Waals surface area contributed by atoms with Crippen molar-refractivity contribution in [2.24, 2.45) is 35.0 Å². The minimum absolute atomic E-state index is 0.0171. The van der Waals surface area contributed by atoms with E-state index in [2.05, 4.69) is 6.08 Å². The molecule has 0 aliphatic heterocycles. The number of rotatable bonds is 6. The second-order valence-corrected chi connectivity index (χ2v) is 8.31. The Labute approximate surface area is 156 Å². The van der Waals surface area contributed by atoms with E-state index in [1.165, 1.54) is 0 Å². The highest BCUT2D eigenvalue weighted by Crippen LogP contribution is 2.46. The van der Waals surface area contributed by atoms with Gasteiger partial charge in [-0.3, -0.25) is 9.59 Å². The second-order valence-electron chi connectivity index (χ2n) is 8.31. The molecule has 0 bridgehead atoms. The van der Waals surface area contributed by atoms with E-state index >= 15 is 0 Å². The van der Waals surface area contributed by atoms with Crippen molar-refractivity contribution >= 4 is 18.2 Å². The first-order chi connectivity index (χ1) is 12.2. The van der Waals surface area contributed by atoms with Gasteiger partial charge in [0.15, 0.2) is 0 Å².